The Kier molecular flexibility index (Phi) is 9.45. The van der Waals surface area contributed by atoms with Crippen molar-refractivity contribution in [2.45, 2.75) is 13.8 Å². The maximum Gasteiger partial charge on any atom is 0.0357 e. The Bertz CT molecular complexity index is 99.7. The fourth-order valence-electron chi connectivity index (χ4n) is 0. The van der Waals surface area contributed by atoms with Crippen molar-refractivity contribution in [1.29, 1.82) is 0 Å². The van der Waals surface area contributed by atoms with E-state index < -0.39 is 0 Å². The lowest BCUT2D eigenvalue weighted by Crippen LogP contribution is -1.63. The molecule has 0 aliphatic carbocycles. The molecule has 0 fully saturated rings. The molecule has 0 saturated heterocycles. The molecule has 0 aromatic heterocycles. The number of hydrogen-bond acceptors (Lipinski definition) is 0. The predicted molar refractivity (Wildman–Crippen MR) is 45.7 cm³/mol. The van der Waals surface area contributed by atoms with Crippen molar-refractivity contribution >= 4 is 11.6 Å². The summed E-state index contributed by atoms with van der Waals surface area (Å²) in [4.78, 5) is 0. The summed E-state index contributed by atoms with van der Waals surface area (Å²) in [6.07, 6.45) is 1.75. The molecule has 0 spiro atoms. The highest BCUT2D eigenvalue weighted by Gasteiger charge is 1.80. The van der Waals surface area contributed by atoms with E-state index in [4.69, 9.17) is 11.6 Å². The van der Waals surface area contributed by atoms with Gasteiger partial charge >= 0.3 is 0 Å². The zero-order valence-electron chi connectivity index (χ0n) is 6.08. The quantitative estimate of drug-likeness (QED) is 0.390. The fourth-order valence-corrected chi connectivity index (χ4v) is 0. The first-order chi connectivity index (χ1) is 4.06. The fraction of sp³-hybridized carbons (Fsp3) is 0.250. The Hall–Kier alpha value is -0.490. The number of allylic oxidation sites excluding steroid dienone is 3. The van der Waals surface area contributed by atoms with Gasteiger partial charge in [0.1, 0.15) is 0 Å². The first-order valence-electron chi connectivity index (χ1n) is 2.63. The minimum absolute atomic E-state index is 0.537. The van der Waals surface area contributed by atoms with Crippen LogP contribution in [-0.4, -0.2) is 0 Å². The van der Waals surface area contributed by atoms with Crippen LogP contribution in [-0.2, 0) is 0 Å². The molecule has 0 amide bonds. The molecule has 0 nitrogen and oxygen atoms in total. The minimum atomic E-state index is 0.537. The van der Waals surface area contributed by atoms with E-state index in [1.807, 2.05) is 13.8 Å². The number of hydrogen-bond donors (Lipinski definition) is 0. The van der Waals surface area contributed by atoms with Gasteiger partial charge in [-0.15, -0.1) is 6.58 Å². The zero-order chi connectivity index (χ0) is 7.86. The molecule has 0 atom stereocenters. The molecule has 0 N–H and O–H groups in total. The molecule has 0 aliphatic heterocycles. The Morgan fingerprint density at radius 1 is 1.44 bits per heavy atom. The van der Waals surface area contributed by atoms with E-state index in [0.29, 0.717) is 5.03 Å². The van der Waals surface area contributed by atoms with Crippen LogP contribution in [0.25, 0.3) is 0 Å². The second-order valence-corrected chi connectivity index (χ2v) is 2.05. The first kappa shape index (κ1) is 11.3. The van der Waals surface area contributed by atoms with E-state index in [0.717, 1.165) is 5.57 Å². The van der Waals surface area contributed by atoms with Crippen molar-refractivity contribution in [2.24, 2.45) is 0 Å². The van der Waals surface area contributed by atoms with Crippen LogP contribution in [0.15, 0.2) is 36.4 Å². The molecule has 0 saturated carbocycles. The highest BCUT2D eigenvalue weighted by Crippen LogP contribution is 2.06. The standard InChI is InChI=1S/C5H7Cl.C3H6/c1-4(2)5(3)6;1-3-2/h1,3H2,2H3;3H,1H2,2H3. The third-order valence-electron chi connectivity index (χ3n) is 0.463. The Morgan fingerprint density at radius 3 is 1.56 bits per heavy atom. The summed E-state index contributed by atoms with van der Waals surface area (Å²) in [7, 11) is 0. The third kappa shape index (κ3) is 18.5. The van der Waals surface area contributed by atoms with Crippen molar-refractivity contribution in [3.05, 3.63) is 36.4 Å². The van der Waals surface area contributed by atoms with E-state index in [1.165, 1.54) is 0 Å². The maximum atomic E-state index is 5.32. The molecule has 0 aromatic carbocycles. The molecule has 0 aromatic rings. The van der Waals surface area contributed by atoms with Gasteiger partial charge in [0.25, 0.3) is 0 Å². The van der Waals surface area contributed by atoms with Gasteiger partial charge in [0.2, 0.25) is 0 Å². The van der Waals surface area contributed by atoms with Gasteiger partial charge in [0.05, 0.1) is 0 Å². The molecule has 0 heterocycles. The SMILES string of the molecule is C=C(C)C(=C)Cl.C=CC. The van der Waals surface area contributed by atoms with Crippen molar-refractivity contribution < 1.29 is 0 Å². The van der Waals surface area contributed by atoms with Crippen LogP contribution in [0, 0.1) is 0 Å². The average molecular weight is 145 g/mol. The molecule has 0 aliphatic rings. The number of rotatable bonds is 1. The summed E-state index contributed by atoms with van der Waals surface area (Å²) in [5.41, 5.74) is 0.830. The lowest BCUT2D eigenvalue weighted by atomic mass is 10.4. The van der Waals surface area contributed by atoms with Crippen LogP contribution in [0.1, 0.15) is 13.8 Å². The molecule has 0 bridgehead atoms. The van der Waals surface area contributed by atoms with Crippen molar-refractivity contribution in [3.63, 3.8) is 0 Å². The van der Waals surface area contributed by atoms with Crippen LogP contribution in [0.3, 0.4) is 0 Å². The second-order valence-electron chi connectivity index (χ2n) is 1.59. The molecular weight excluding hydrogens is 132 g/mol. The van der Waals surface area contributed by atoms with E-state index in [-0.39, 0.29) is 0 Å². The van der Waals surface area contributed by atoms with Crippen molar-refractivity contribution in [1.82, 2.24) is 0 Å². The van der Waals surface area contributed by atoms with Crippen LogP contribution in [0.5, 0.6) is 0 Å². The van der Waals surface area contributed by atoms with Gasteiger partial charge in [0.15, 0.2) is 0 Å². The van der Waals surface area contributed by atoms with Crippen LogP contribution in [0.4, 0.5) is 0 Å². The van der Waals surface area contributed by atoms with E-state index in [2.05, 4.69) is 19.7 Å². The zero-order valence-corrected chi connectivity index (χ0v) is 6.83. The maximum absolute atomic E-state index is 5.32. The van der Waals surface area contributed by atoms with E-state index in [1.54, 1.807) is 6.08 Å². The van der Waals surface area contributed by atoms with Crippen molar-refractivity contribution in [2.75, 3.05) is 0 Å². The van der Waals surface area contributed by atoms with Gasteiger partial charge in [-0.2, -0.15) is 0 Å². The highest BCUT2D eigenvalue weighted by atomic mass is 35.5. The predicted octanol–water partition coefficient (Wildman–Crippen LogP) is 3.51. The molecular formula is C8H13Cl. The third-order valence-corrected chi connectivity index (χ3v) is 0.786. The smallest absolute Gasteiger partial charge is 0.0357 e. The topological polar surface area (TPSA) is 0 Å². The van der Waals surface area contributed by atoms with E-state index >= 15 is 0 Å². The van der Waals surface area contributed by atoms with Crippen LogP contribution >= 0.6 is 11.6 Å². The average Bonchev–Trinajstić information content (AvgIpc) is 1.68. The summed E-state index contributed by atoms with van der Waals surface area (Å²) in [5.74, 6) is 0. The van der Waals surface area contributed by atoms with Crippen LogP contribution in [0.2, 0.25) is 0 Å². The van der Waals surface area contributed by atoms with Gasteiger partial charge in [-0.3, -0.25) is 0 Å². The van der Waals surface area contributed by atoms with Gasteiger partial charge in [-0.05, 0) is 19.4 Å². The Labute approximate surface area is 62.5 Å². The summed E-state index contributed by atoms with van der Waals surface area (Å²) in [5, 5.41) is 0.537. The lowest BCUT2D eigenvalue weighted by molar-refractivity contribution is 1.54. The lowest BCUT2D eigenvalue weighted by Gasteiger charge is -1.85. The van der Waals surface area contributed by atoms with Crippen LogP contribution < -0.4 is 0 Å². The second kappa shape index (κ2) is 7.51. The molecule has 9 heavy (non-hydrogen) atoms. The monoisotopic (exact) mass is 144 g/mol. The molecule has 0 radical (unpaired) electrons. The number of halogens is 1. The molecule has 52 valence electrons. The van der Waals surface area contributed by atoms with Gasteiger partial charge in [-0.25, -0.2) is 0 Å². The van der Waals surface area contributed by atoms with Gasteiger partial charge in [-0.1, -0.05) is 30.8 Å². The molecule has 0 rings (SSSR count). The summed E-state index contributed by atoms with van der Waals surface area (Å²) in [6, 6.07) is 0. The minimum Gasteiger partial charge on any atom is -0.103 e. The first-order valence-corrected chi connectivity index (χ1v) is 3.01. The van der Waals surface area contributed by atoms with Gasteiger partial charge in [0, 0.05) is 5.03 Å². The van der Waals surface area contributed by atoms with Crippen molar-refractivity contribution in [3.8, 4) is 0 Å². The van der Waals surface area contributed by atoms with Gasteiger partial charge < -0.3 is 0 Å². The summed E-state index contributed by atoms with van der Waals surface area (Å²) < 4.78 is 0. The van der Waals surface area contributed by atoms with E-state index in [9.17, 15) is 0 Å². The Balaban J connectivity index is 0. The normalized spacial score (nSPS) is 6.56. The molecule has 0 unspecified atom stereocenters. The Morgan fingerprint density at radius 2 is 1.56 bits per heavy atom. The summed E-state index contributed by atoms with van der Waals surface area (Å²) >= 11 is 5.32. The summed E-state index contributed by atoms with van der Waals surface area (Å²) in [6.45, 7) is 14.0. The largest absolute Gasteiger partial charge is 0.103 e. The highest BCUT2D eigenvalue weighted by molar-refractivity contribution is 6.31. The molecule has 1 heteroatoms.